The Morgan fingerprint density at radius 2 is 1.88 bits per heavy atom. The lowest BCUT2D eigenvalue weighted by Crippen LogP contribution is -2.28. The second-order valence-corrected chi connectivity index (χ2v) is 6.93. The first-order chi connectivity index (χ1) is 11.8. The molecule has 5 nitrogen and oxygen atoms in total. The minimum atomic E-state index is -0.456. The summed E-state index contributed by atoms with van der Waals surface area (Å²) in [5.41, 5.74) is 2.48. The summed E-state index contributed by atoms with van der Waals surface area (Å²) in [6.07, 6.45) is 0.157. The van der Waals surface area contributed by atoms with Gasteiger partial charge in [-0.25, -0.2) is 4.98 Å². The average molecular weight is 378 g/mol. The predicted octanol–water partition coefficient (Wildman–Crippen LogP) is 4.00. The second kappa shape index (κ2) is 7.02. The molecule has 25 heavy (non-hydrogen) atoms. The Morgan fingerprint density at radius 1 is 1.20 bits per heavy atom. The molecule has 2 amide bonds. The van der Waals surface area contributed by atoms with E-state index in [4.69, 9.17) is 23.2 Å². The third-order valence-electron chi connectivity index (χ3n) is 4.19. The molecule has 2 aromatic rings. The van der Waals surface area contributed by atoms with E-state index in [1.165, 1.54) is 0 Å². The van der Waals surface area contributed by atoms with Crippen LogP contribution in [0.15, 0.2) is 30.3 Å². The molecule has 1 aromatic carbocycles. The van der Waals surface area contributed by atoms with E-state index in [0.29, 0.717) is 17.3 Å². The number of nitrogens with zero attached hydrogens (tertiary/aromatic N) is 2. The van der Waals surface area contributed by atoms with Gasteiger partial charge in [-0.05, 0) is 32.0 Å². The molecule has 130 valence electrons. The maximum absolute atomic E-state index is 12.5. The van der Waals surface area contributed by atoms with Crippen LogP contribution in [0.2, 0.25) is 10.0 Å². The molecule has 0 bridgehead atoms. The summed E-state index contributed by atoms with van der Waals surface area (Å²) in [4.78, 5) is 30.6. The number of rotatable bonds is 3. The third kappa shape index (κ3) is 3.78. The topological polar surface area (TPSA) is 62.3 Å². The van der Waals surface area contributed by atoms with E-state index >= 15 is 0 Å². The van der Waals surface area contributed by atoms with Crippen LogP contribution in [0.4, 0.5) is 11.5 Å². The number of anilines is 2. The summed E-state index contributed by atoms with van der Waals surface area (Å²) in [5, 5.41) is 3.40. The molecule has 3 rings (SSSR count). The summed E-state index contributed by atoms with van der Waals surface area (Å²) < 4.78 is 0. The molecule has 0 aliphatic carbocycles. The highest BCUT2D eigenvalue weighted by atomic mass is 35.5. The van der Waals surface area contributed by atoms with Crippen molar-refractivity contribution in [2.75, 3.05) is 16.8 Å². The van der Waals surface area contributed by atoms with E-state index in [2.05, 4.69) is 10.3 Å². The lowest BCUT2D eigenvalue weighted by Gasteiger charge is -2.17. The van der Waals surface area contributed by atoms with Crippen LogP contribution in [0.1, 0.15) is 17.7 Å². The van der Waals surface area contributed by atoms with Gasteiger partial charge in [0.2, 0.25) is 11.8 Å². The highest BCUT2D eigenvalue weighted by Gasteiger charge is 2.35. The maximum Gasteiger partial charge on any atom is 0.231 e. The second-order valence-electron chi connectivity index (χ2n) is 6.12. The van der Waals surface area contributed by atoms with E-state index in [1.54, 1.807) is 17.9 Å². The predicted molar refractivity (Wildman–Crippen MR) is 99.3 cm³/mol. The van der Waals surface area contributed by atoms with Crippen molar-refractivity contribution in [3.8, 4) is 0 Å². The molecule has 1 fully saturated rings. The molecule has 1 N–H and O–H groups in total. The minimum absolute atomic E-state index is 0.0738. The summed E-state index contributed by atoms with van der Waals surface area (Å²) in [7, 11) is 0. The van der Waals surface area contributed by atoms with E-state index < -0.39 is 5.92 Å². The Morgan fingerprint density at radius 3 is 2.56 bits per heavy atom. The molecule has 2 heterocycles. The van der Waals surface area contributed by atoms with E-state index in [-0.39, 0.29) is 29.1 Å². The van der Waals surface area contributed by atoms with Gasteiger partial charge in [0.05, 0.1) is 21.7 Å². The van der Waals surface area contributed by atoms with Gasteiger partial charge in [-0.3, -0.25) is 9.59 Å². The molecule has 7 heteroatoms. The van der Waals surface area contributed by atoms with Gasteiger partial charge in [-0.15, -0.1) is 0 Å². The van der Waals surface area contributed by atoms with Crippen molar-refractivity contribution in [3.05, 3.63) is 51.6 Å². The van der Waals surface area contributed by atoms with Crippen molar-refractivity contribution in [1.29, 1.82) is 0 Å². The Hall–Kier alpha value is -2.11. The molecular weight excluding hydrogens is 361 g/mol. The number of pyridine rings is 1. The molecule has 1 aliphatic rings. The molecule has 1 atom stereocenters. The van der Waals surface area contributed by atoms with Crippen LogP contribution in [0.5, 0.6) is 0 Å². The van der Waals surface area contributed by atoms with Crippen molar-refractivity contribution in [3.63, 3.8) is 0 Å². The zero-order valence-electron chi connectivity index (χ0n) is 13.8. The van der Waals surface area contributed by atoms with Gasteiger partial charge < -0.3 is 10.2 Å². The molecule has 1 unspecified atom stereocenters. The summed E-state index contributed by atoms with van der Waals surface area (Å²) in [6, 6.07) is 9.19. The highest BCUT2D eigenvalue weighted by Crippen LogP contribution is 2.29. The van der Waals surface area contributed by atoms with Gasteiger partial charge in [-0.2, -0.15) is 0 Å². The highest BCUT2D eigenvalue weighted by molar-refractivity contribution is 6.36. The maximum atomic E-state index is 12.5. The van der Waals surface area contributed by atoms with Crippen molar-refractivity contribution >= 4 is 46.5 Å². The fourth-order valence-corrected chi connectivity index (χ4v) is 3.13. The molecule has 0 saturated carbocycles. The normalized spacial score (nSPS) is 17.0. The number of carbonyl (C=O) groups excluding carboxylic acids is 2. The van der Waals surface area contributed by atoms with Gasteiger partial charge in [0.15, 0.2) is 5.82 Å². The Balaban J connectivity index is 1.73. The van der Waals surface area contributed by atoms with Crippen LogP contribution in [0.25, 0.3) is 0 Å². The molecule has 0 spiro atoms. The molecule has 1 aliphatic heterocycles. The van der Waals surface area contributed by atoms with Crippen molar-refractivity contribution in [2.24, 2.45) is 5.92 Å². The minimum Gasteiger partial charge on any atom is -0.312 e. The first-order valence-corrected chi connectivity index (χ1v) is 8.61. The zero-order chi connectivity index (χ0) is 18.1. The molecular formula is C18H17Cl2N3O2. The number of nitrogens with one attached hydrogen (secondary N) is 1. The largest absolute Gasteiger partial charge is 0.312 e. The van der Waals surface area contributed by atoms with Gasteiger partial charge in [-0.1, -0.05) is 40.9 Å². The number of hydrogen-bond acceptors (Lipinski definition) is 3. The Labute approximate surface area is 155 Å². The van der Waals surface area contributed by atoms with Gasteiger partial charge in [0, 0.05) is 18.7 Å². The number of amides is 2. The van der Waals surface area contributed by atoms with Crippen LogP contribution >= 0.6 is 23.2 Å². The summed E-state index contributed by atoms with van der Waals surface area (Å²) in [5.74, 6) is -0.549. The molecule has 0 radical (unpaired) electrons. The lowest BCUT2D eigenvalue weighted by atomic mass is 10.1. The third-order valence-corrected chi connectivity index (χ3v) is 4.86. The van der Waals surface area contributed by atoms with Crippen LogP contribution < -0.4 is 10.2 Å². The van der Waals surface area contributed by atoms with E-state index in [0.717, 1.165) is 11.3 Å². The Bertz CT molecular complexity index is 837. The van der Waals surface area contributed by atoms with Crippen LogP contribution in [-0.2, 0) is 9.59 Å². The first kappa shape index (κ1) is 17.7. The number of aromatic nitrogens is 1. The first-order valence-electron chi connectivity index (χ1n) is 7.85. The van der Waals surface area contributed by atoms with Gasteiger partial charge in [0.25, 0.3) is 0 Å². The van der Waals surface area contributed by atoms with Crippen LogP contribution in [-0.4, -0.2) is 23.3 Å². The fraction of sp³-hybridized carbons (Fsp3) is 0.278. The number of halogens is 2. The summed E-state index contributed by atoms with van der Waals surface area (Å²) >= 11 is 12.0. The van der Waals surface area contributed by atoms with Crippen molar-refractivity contribution in [2.45, 2.75) is 20.3 Å². The summed E-state index contributed by atoms with van der Waals surface area (Å²) in [6.45, 7) is 4.04. The quantitative estimate of drug-likeness (QED) is 0.878. The van der Waals surface area contributed by atoms with Gasteiger partial charge in [0.1, 0.15) is 0 Å². The fourth-order valence-electron chi connectivity index (χ4n) is 2.72. The SMILES string of the molecule is Cc1ccc(N2CC(C(=O)Nc3nc(C)c(Cl)cc3Cl)CC2=O)cc1. The Kier molecular flexibility index (Phi) is 4.97. The standard InChI is InChI=1S/C18H17Cl2N3O2/c1-10-3-5-13(6-4-10)23-9-12(7-16(23)24)18(25)22-17-15(20)8-14(19)11(2)21-17/h3-6,8,12H,7,9H2,1-2H3,(H,21,22,25). The molecule has 1 aromatic heterocycles. The van der Waals surface area contributed by atoms with E-state index in [1.807, 2.05) is 31.2 Å². The van der Waals surface area contributed by atoms with E-state index in [9.17, 15) is 9.59 Å². The number of hydrogen-bond donors (Lipinski definition) is 1. The van der Waals surface area contributed by atoms with Crippen molar-refractivity contribution in [1.82, 2.24) is 4.98 Å². The number of carbonyl (C=O) groups is 2. The smallest absolute Gasteiger partial charge is 0.231 e. The van der Waals surface area contributed by atoms with Crippen LogP contribution in [0, 0.1) is 19.8 Å². The number of aryl methyl sites for hydroxylation is 2. The zero-order valence-corrected chi connectivity index (χ0v) is 15.4. The lowest BCUT2D eigenvalue weighted by molar-refractivity contribution is -0.122. The number of benzene rings is 1. The molecule has 1 saturated heterocycles. The average Bonchev–Trinajstić information content (AvgIpc) is 2.95. The van der Waals surface area contributed by atoms with Crippen LogP contribution in [0.3, 0.4) is 0 Å². The monoisotopic (exact) mass is 377 g/mol. The van der Waals surface area contributed by atoms with Gasteiger partial charge >= 0.3 is 0 Å². The van der Waals surface area contributed by atoms with Crippen molar-refractivity contribution < 1.29 is 9.59 Å².